The fourth-order valence-electron chi connectivity index (χ4n) is 3.44. The summed E-state index contributed by atoms with van der Waals surface area (Å²) in [6, 6.07) is 10.1. The van der Waals surface area contributed by atoms with Gasteiger partial charge in [-0.25, -0.2) is 4.98 Å². The average Bonchev–Trinajstić information content (AvgIpc) is 3.24. The van der Waals surface area contributed by atoms with E-state index in [9.17, 15) is 4.79 Å². The Balaban J connectivity index is 2.12. The van der Waals surface area contributed by atoms with E-state index in [0.717, 1.165) is 21.8 Å². The van der Waals surface area contributed by atoms with Gasteiger partial charge in [-0.1, -0.05) is 32.0 Å². The standard InChI is InChI=1S/C19H17N4O/c1-13(2)19(11-24,23-10-9-20-12-23)18-17-15(7-8-21-18)14-5-3-4-6-16(14)22-17/h3-10,12-13,22H,1-2H3. The normalized spacial score (nSPS) is 14.3. The number of aromatic nitrogens is 4. The fraction of sp³-hybridized carbons (Fsp3) is 0.211. The number of benzene rings is 1. The maximum absolute atomic E-state index is 12.2. The van der Waals surface area contributed by atoms with Gasteiger partial charge < -0.3 is 9.55 Å². The Morgan fingerprint density at radius 1 is 1.17 bits per heavy atom. The molecule has 4 aromatic rings. The fourth-order valence-corrected chi connectivity index (χ4v) is 3.44. The molecule has 0 saturated carbocycles. The summed E-state index contributed by atoms with van der Waals surface area (Å²) in [5.74, 6) is -0.0475. The van der Waals surface area contributed by atoms with Crippen molar-refractivity contribution in [3.8, 4) is 0 Å². The van der Waals surface area contributed by atoms with Gasteiger partial charge in [0.25, 0.3) is 0 Å². The molecule has 0 fully saturated rings. The van der Waals surface area contributed by atoms with Crippen LogP contribution in [0.2, 0.25) is 0 Å². The van der Waals surface area contributed by atoms with E-state index < -0.39 is 5.54 Å². The molecule has 0 aliphatic heterocycles. The number of H-pyrrole nitrogens is 1. The Kier molecular flexibility index (Phi) is 3.23. The van der Waals surface area contributed by atoms with Crippen LogP contribution in [0.5, 0.6) is 0 Å². The van der Waals surface area contributed by atoms with Crippen molar-refractivity contribution in [1.82, 2.24) is 19.5 Å². The minimum Gasteiger partial charge on any atom is -0.353 e. The predicted molar refractivity (Wildman–Crippen MR) is 93.4 cm³/mol. The third-order valence-corrected chi connectivity index (χ3v) is 4.69. The Hall–Kier alpha value is -2.95. The average molecular weight is 317 g/mol. The highest BCUT2D eigenvalue weighted by Crippen LogP contribution is 2.37. The molecule has 1 unspecified atom stereocenters. The molecule has 0 amide bonds. The smallest absolute Gasteiger partial charge is 0.233 e. The topological polar surface area (TPSA) is 63.6 Å². The highest BCUT2D eigenvalue weighted by atomic mass is 16.1. The van der Waals surface area contributed by atoms with E-state index >= 15 is 0 Å². The van der Waals surface area contributed by atoms with Crippen LogP contribution in [0.15, 0.2) is 55.2 Å². The second-order valence-electron chi connectivity index (χ2n) is 6.25. The molecular formula is C19H17N4O. The number of aromatic amines is 1. The van der Waals surface area contributed by atoms with Crippen LogP contribution in [0, 0.1) is 5.92 Å². The van der Waals surface area contributed by atoms with Crippen LogP contribution < -0.4 is 0 Å². The molecule has 1 atom stereocenters. The molecule has 1 radical (unpaired) electrons. The van der Waals surface area contributed by atoms with E-state index in [2.05, 4.69) is 27.3 Å². The zero-order valence-electron chi connectivity index (χ0n) is 13.5. The van der Waals surface area contributed by atoms with Crippen LogP contribution in [0.4, 0.5) is 0 Å². The summed E-state index contributed by atoms with van der Waals surface area (Å²) in [6.45, 7) is 3.99. The first-order valence-corrected chi connectivity index (χ1v) is 7.92. The van der Waals surface area contributed by atoms with Crippen LogP contribution in [0.25, 0.3) is 21.8 Å². The van der Waals surface area contributed by atoms with E-state index in [0.29, 0.717) is 5.69 Å². The molecule has 5 heteroatoms. The minimum atomic E-state index is -1.03. The lowest BCUT2D eigenvalue weighted by Gasteiger charge is -2.32. The number of imidazole rings is 1. The van der Waals surface area contributed by atoms with E-state index in [1.807, 2.05) is 38.1 Å². The monoisotopic (exact) mass is 317 g/mol. The largest absolute Gasteiger partial charge is 0.353 e. The molecular weight excluding hydrogens is 300 g/mol. The number of para-hydroxylation sites is 1. The lowest BCUT2D eigenvalue weighted by atomic mass is 9.83. The van der Waals surface area contributed by atoms with Gasteiger partial charge in [-0.05, 0) is 18.1 Å². The van der Waals surface area contributed by atoms with Gasteiger partial charge in [0.05, 0.1) is 17.5 Å². The zero-order valence-corrected chi connectivity index (χ0v) is 13.5. The van der Waals surface area contributed by atoms with Gasteiger partial charge in [-0.15, -0.1) is 0 Å². The summed E-state index contributed by atoms with van der Waals surface area (Å²) in [4.78, 5) is 24.3. The molecule has 3 heterocycles. The van der Waals surface area contributed by atoms with Crippen molar-refractivity contribution >= 4 is 28.1 Å². The molecule has 0 spiro atoms. The highest BCUT2D eigenvalue weighted by molar-refractivity contribution is 6.08. The Labute approximate surface area is 139 Å². The first kappa shape index (κ1) is 14.6. The second kappa shape index (κ2) is 5.30. The lowest BCUT2D eigenvalue weighted by Crippen LogP contribution is -2.42. The highest BCUT2D eigenvalue weighted by Gasteiger charge is 2.41. The van der Waals surface area contributed by atoms with Crippen LogP contribution in [-0.2, 0) is 10.3 Å². The van der Waals surface area contributed by atoms with Gasteiger partial charge in [-0.2, -0.15) is 0 Å². The van der Waals surface area contributed by atoms with Crippen molar-refractivity contribution in [3.05, 3.63) is 60.9 Å². The van der Waals surface area contributed by atoms with E-state index in [1.165, 1.54) is 0 Å². The van der Waals surface area contributed by atoms with Gasteiger partial charge in [-0.3, -0.25) is 9.78 Å². The molecule has 1 aromatic carbocycles. The molecule has 0 saturated heterocycles. The first-order valence-electron chi connectivity index (χ1n) is 7.92. The number of carbonyl (C=O) groups excluding carboxylic acids is 1. The number of nitrogens with one attached hydrogen (secondary N) is 1. The third-order valence-electron chi connectivity index (χ3n) is 4.69. The summed E-state index contributed by atoms with van der Waals surface area (Å²) in [6.07, 6.45) is 9.11. The molecule has 3 aromatic heterocycles. The minimum absolute atomic E-state index is 0.0475. The number of hydrogen-bond acceptors (Lipinski definition) is 3. The maximum Gasteiger partial charge on any atom is 0.233 e. The second-order valence-corrected chi connectivity index (χ2v) is 6.25. The van der Waals surface area contributed by atoms with Crippen LogP contribution in [0.3, 0.4) is 0 Å². The van der Waals surface area contributed by atoms with Crippen LogP contribution in [0.1, 0.15) is 19.5 Å². The third kappa shape index (κ3) is 1.84. The number of nitrogens with zero attached hydrogens (tertiary/aromatic N) is 3. The predicted octanol–water partition coefficient (Wildman–Crippen LogP) is 3.42. The molecule has 119 valence electrons. The molecule has 5 nitrogen and oxygen atoms in total. The Morgan fingerprint density at radius 3 is 2.71 bits per heavy atom. The SMILES string of the molecule is CC(C)C([C]=O)(c1nccc2c1[nH]c1ccccc12)n1ccnc1. The van der Waals surface area contributed by atoms with E-state index in [-0.39, 0.29) is 5.92 Å². The number of pyridine rings is 1. The summed E-state index contributed by atoms with van der Waals surface area (Å²) in [5, 5.41) is 2.17. The summed E-state index contributed by atoms with van der Waals surface area (Å²) >= 11 is 0. The van der Waals surface area contributed by atoms with Gasteiger partial charge in [0.15, 0.2) is 5.54 Å². The van der Waals surface area contributed by atoms with Crippen molar-refractivity contribution in [1.29, 1.82) is 0 Å². The zero-order chi connectivity index (χ0) is 16.7. The van der Waals surface area contributed by atoms with Crippen molar-refractivity contribution in [2.24, 2.45) is 5.92 Å². The molecule has 0 aliphatic rings. The summed E-state index contributed by atoms with van der Waals surface area (Å²) < 4.78 is 1.79. The molecule has 0 bridgehead atoms. The van der Waals surface area contributed by atoms with Crippen molar-refractivity contribution in [2.45, 2.75) is 19.4 Å². The summed E-state index contributed by atoms with van der Waals surface area (Å²) in [5.41, 5.74) is 1.52. The summed E-state index contributed by atoms with van der Waals surface area (Å²) in [7, 11) is 0. The first-order chi connectivity index (χ1) is 11.7. The number of rotatable bonds is 4. The lowest BCUT2D eigenvalue weighted by molar-refractivity contribution is 0.328. The van der Waals surface area contributed by atoms with Gasteiger partial charge in [0, 0.05) is 34.9 Å². The maximum atomic E-state index is 12.2. The van der Waals surface area contributed by atoms with Crippen molar-refractivity contribution in [2.75, 3.05) is 0 Å². The van der Waals surface area contributed by atoms with Crippen LogP contribution in [-0.4, -0.2) is 25.8 Å². The van der Waals surface area contributed by atoms with Gasteiger partial charge >= 0.3 is 0 Å². The van der Waals surface area contributed by atoms with E-state index in [1.54, 1.807) is 29.5 Å². The number of hydrogen-bond donors (Lipinski definition) is 1. The number of fused-ring (bicyclic) bond motifs is 3. The molecule has 24 heavy (non-hydrogen) atoms. The molecule has 0 aliphatic carbocycles. The quantitative estimate of drug-likeness (QED) is 0.627. The van der Waals surface area contributed by atoms with E-state index in [4.69, 9.17) is 0 Å². The van der Waals surface area contributed by atoms with Crippen LogP contribution >= 0.6 is 0 Å². The molecule has 1 N–H and O–H groups in total. The van der Waals surface area contributed by atoms with Crippen molar-refractivity contribution < 1.29 is 4.79 Å². The van der Waals surface area contributed by atoms with Gasteiger partial charge in [0.2, 0.25) is 6.29 Å². The Bertz CT molecular complexity index is 1020. The molecule has 4 rings (SSSR count). The Morgan fingerprint density at radius 2 is 2.00 bits per heavy atom. The van der Waals surface area contributed by atoms with Crippen molar-refractivity contribution in [3.63, 3.8) is 0 Å². The van der Waals surface area contributed by atoms with Gasteiger partial charge in [0.1, 0.15) is 0 Å².